The molecule has 2 N–H and O–H groups in total. The van der Waals surface area contributed by atoms with Gasteiger partial charge in [0.1, 0.15) is 5.82 Å². The number of aromatic nitrogens is 1. The van der Waals surface area contributed by atoms with E-state index in [1.54, 1.807) is 12.3 Å². The zero-order valence-electron chi connectivity index (χ0n) is 12.0. The van der Waals surface area contributed by atoms with E-state index >= 15 is 0 Å². The van der Waals surface area contributed by atoms with E-state index in [2.05, 4.69) is 36.0 Å². The average Bonchev–Trinajstić information content (AvgIpc) is 2.67. The van der Waals surface area contributed by atoms with Gasteiger partial charge in [-0.05, 0) is 47.6 Å². The van der Waals surface area contributed by atoms with E-state index in [-0.39, 0.29) is 12.5 Å². The quantitative estimate of drug-likeness (QED) is 0.815. The summed E-state index contributed by atoms with van der Waals surface area (Å²) in [5.41, 5.74) is 0. The first-order valence-corrected chi connectivity index (χ1v) is 7.93. The third-order valence-corrected chi connectivity index (χ3v) is 3.93. The highest BCUT2D eigenvalue weighted by molar-refractivity contribution is 9.10. The lowest BCUT2D eigenvalue weighted by Crippen LogP contribution is -2.37. The second kappa shape index (κ2) is 8.43. The monoisotopic (exact) mass is 356 g/mol. The number of carbonyl (C=O) groups excluding carboxylic acids is 1. The van der Waals surface area contributed by atoms with Crippen molar-refractivity contribution in [2.24, 2.45) is 0 Å². The van der Waals surface area contributed by atoms with Crippen LogP contribution in [0, 0.1) is 0 Å². The number of carbonyl (C=O) groups is 1. The molecule has 1 aromatic rings. The molecule has 0 spiro atoms. The van der Waals surface area contributed by atoms with Crippen LogP contribution in [0.3, 0.4) is 0 Å². The Labute approximate surface area is 133 Å². The van der Waals surface area contributed by atoms with Crippen molar-refractivity contribution >= 4 is 27.7 Å². The van der Waals surface area contributed by atoms with Gasteiger partial charge in [-0.15, -0.1) is 0 Å². The van der Waals surface area contributed by atoms with Gasteiger partial charge in [-0.2, -0.15) is 0 Å². The molecule has 0 radical (unpaired) electrons. The van der Waals surface area contributed by atoms with Gasteiger partial charge in [-0.3, -0.25) is 14.6 Å². The van der Waals surface area contributed by atoms with Crippen LogP contribution >= 0.6 is 15.9 Å². The molecule has 7 heteroatoms. The zero-order chi connectivity index (χ0) is 15.1. The lowest BCUT2D eigenvalue weighted by Gasteiger charge is -2.20. The second-order valence-corrected chi connectivity index (χ2v) is 6.02. The van der Waals surface area contributed by atoms with E-state index in [9.17, 15) is 4.79 Å². The first-order chi connectivity index (χ1) is 10.2. The molecule has 1 fully saturated rings. The predicted molar refractivity (Wildman–Crippen MR) is 85.1 cm³/mol. The first kappa shape index (κ1) is 16.4. The Kier molecular flexibility index (Phi) is 6.56. The largest absolute Gasteiger partial charge is 0.395 e. The van der Waals surface area contributed by atoms with Gasteiger partial charge in [0.2, 0.25) is 5.91 Å². The summed E-state index contributed by atoms with van der Waals surface area (Å²) in [7, 11) is 0. The molecule has 0 aromatic carbocycles. The normalized spacial score (nSPS) is 17.4. The van der Waals surface area contributed by atoms with Crippen LogP contribution in [-0.2, 0) is 4.79 Å². The lowest BCUT2D eigenvalue weighted by molar-refractivity contribution is -0.117. The van der Waals surface area contributed by atoms with Crippen LogP contribution in [0.4, 0.5) is 5.82 Å². The van der Waals surface area contributed by atoms with Crippen molar-refractivity contribution in [3.8, 4) is 0 Å². The highest BCUT2D eigenvalue weighted by atomic mass is 79.9. The fourth-order valence-electron chi connectivity index (χ4n) is 2.38. The van der Waals surface area contributed by atoms with Crippen molar-refractivity contribution < 1.29 is 9.90 Å². The molecule has 1 aliphatic heterocycles. The average molecular weight is 357 g/mol. The number of pyridine rings is 1. The molecule has 1 amide bonds. The fraction of sp³-hybridized carbons (Fsp3) is 0.571. The number of anilines is 1. The molecule has 21 heavy (non-hydrogen) atoms. The maximum Gasteiger partial charge on any atom is 0.239 e. The van der Waals surface area contributed by atoms with Crippen LogP contribution in [0.2, 0.25) is 0 Å². The van der Waals surface area contributed by atoms with Gasteiger partial charge in [0.25, 0.3) is 0 Å². The molecule has 0 bridgehead atoms. The molecule has 0 unspecified atom stereocenters. The summed E-state index contributed by atoms with van der Waals surface area (Å²) in [5, 5.41) is 11.8. The number of halogens is 1. The number of hydrogen-bond donors (Lipinski definition) is 2. The van der Waals surface area contributed by atoms with Crippen LogP contribution in [-0.4, -0.2) is 71.7 Å². The van der Waals surface area contributed by atoms with Gasteiger partial charge in [-0.1, -0.05) is 0 Å². The molecule has 1 aliphatic rings. The second-order valence-electron chi connectivity index (χ2n) is 5.10. The Morgan fingerprint density at radius 1 is 1.29 bits per heavy atom. The summed E-state index contributed by atoms with van der Waals surface area (Å²) in [6.45, 7) is 4.91. The highest BCUT2D eigenvalue weighted by Gasteiger charge is 2.16. The van der Waals surface area contributed by atoms with Gasteiger partial charge in [0, 0.05) is 30.3 Å². The van der Waals surface area contributed by atoms with E-state index in [0.29, 0.717) is 18.9 Å². The molecule has 2 rings (SSSR count). The minimum Gasteiger partial charge on any atom is -0.395 e. The van der Waals surface area contributed by atoms with Crippen LogP contribution < -0.4 is 5.32 Å². The van der Waals surface area contributed by atoms with Gasteiger partial charge < -0.3 is 10.4 Å². The highest BCUT2D eigenvalue weighted by Crippen LogP contribution is 2.10. The third kappa shape index (κ3) is 5.70. The Morgan fingerprint density at radius 2 is 2.05 bits per heavy atom. The molecular weight excluding hydrogens is 336 g/mol. The van der Waals surface area contributed by atoms with Gasteiger partial charge in [0.15, 0.2) is 0 Å². The molecule has 1 aromatic heterocycles. The molecule has 0 aliphatic carbocycles. The van der Waals surface area contributed by atoms with E-state index in [1.165, 1.54) is 0 Å². The van der Waals surface area contributed by atoms with E-state index in [4.69, 9.17) is 5.11 Å². The summed E-state index contributed by atoms with van der Waals surface area (Å²) in [6, 6.07) is 3.62. The summed E-state index contributed by atoms with van der Waals surface area (Å²) in [4.78, 5) is 20.5. The molecule has 6 nitrogen and oxygen atoms in total. The van der Waals surface area contributed by atoms with Crippen molar-refractivity contribution in [2.75, 3.05) is 51.2 Å². The fourth-order valence-corrected chi connectivity index (χ4v) is 2.62. The number of nitrogens with one attached hydrogen (secondary N) is 1. The molecular formula is C14H21BrN4O2. The smallest absolute Gasteiger partial charge is 0.239 e. The zero-order valence-corrected chi connectivity index (χ0v) is 13.5. The SMILES string of the molecule is O=C(CN1CCCN(CCO)CC1)Nc1ccc(Br)cn1. The standard InChI is InChI=1S/C14H21BrN4O2/c15-12-2-3-13(16-10-12)17-14(21)11-19-5-1-4-18(6-7-19)8-9-20/h2-3,10,20H,1,4-9,11H2,(H,16,17,21). The van der Waals surface area contributed by atoms with Crippen LogP contribution in [0.5, 0.6) is 0 Å². The van der Waals surface area contributed by atoms with E-state index < -0.39 is 0 Å². The van der Waals surface area contributed by atoms with Crippen molar-refractivity contribution in [1.29, 1.82) is 0 Å². The summed E-state index contributed by atoms with van der Waals surface area (Å²) >= 11 is 3.31. The minimum absolute atomic E-state index is 0.0413. The number of aliphatic hydroxyl groups is 1. The summed E-state index contributed by atoms with van der Waals surface area (Å²) in [6.07, 6.45) is 2.68. The van der Waals surface area contributed by atoms with Gasteiger partial charge in [0.05, 0.1) is 13.2 Å². The van der Waals surface area contributed by atoms with Gasteiger partial charge >= 0.3 is 0 Å². The number of amides is 1. The number of β-amino-alcohol motifs (C(OH)–C–C–N with tert-alkyl or cyclic N) is 1. The van der Waals surface area contributed by atoms with Crippen LogP contribution in [0.15, 0.2) is 22.8 Å². The number of nitrogens with zero attached hydrogens (tertiary/aromatic N) is 3. The van der Waals surface area contributed by atoms with E-state index in [0.717, 1.165) is 37.1 Å². The predicted octanol–water partition coefficient (Wildman–Crippen LogP) is 0.783. The minimum atomic E-state index is -0.0413. The Bertz CT molecular complexity index is 455. The van der Waals surface area contributed by atoms with Crippen LogP contribution in [0.1, 0.15) is 6.42 Å². The van der Waals surface area contributed by atoms with Crippen LogP contribution in [0.25, 0.3) is 0 Å². The first-order valence-electron chi connectivity index (χ1n) is 7.14. The molecule has 0 atom stereocenters. The Morgan fingerprint density at radius 3 is 2.76 bits per heavy atom. The lowest BCUT2D eigenvalue weighted by atomic mass is 10.3. The number of hydrogen-bond acceptors (Lipinski definition) is 5. The summed E-state index contributed by atoms with van der Waals surface area (Å²) in [5.74, 6) is 0.528. The molecule has 0 saturated carbocycles. The Balaban J connectivity index is 1.78. The van der Waals surface area contributed by atoms with Crippen molar-refractivity contribution in [2.45, 2.75) is 6.42 Å². The van der Waals surface area contributed by atoms with Crippen molar-refractivity contribution in [3.05, 3.63) is 22.8 Å². The maximum absolute atomic E-state index is 12.0. The van der Waals surface area contributed by atoms with Crippen molar-refractivity contribution in [3.63, 3.8) is 0 Å². The number of rotatable bonds is 5. The maximum atomic E-state index is 12.0. The molecule has 116 valence electrons. The topological polar surface area (TPSA) is 68.7 Å². The summed E-state index contributed by atoms with van der Waals surface area (Å²) < 4.78 is 0.886. The molecule has 1 saturated heterocycles. The van der Waals surface area contributed by atoms with Crippen molar-refractivity contribution in [1.82, 2.24) is 14.8 Å². The Hall–Kier alpha value is -1.02. The number of aliphatic hydroxyl groups excluding tert-OH is 1. The van der Waals surface area contributed by atoms with Gasteiger partial charge in [-0.25, -0.2) is 4.98 Å². The van der Waals surface area contributed by atoms with E-state index in [1.807, 2.05) is 6.07 Å². The third-order valence-electron chi connectivity index (χ3n) is 3.46. The molecule has 2 heterocycles.